The van der Waals surface area contributed by atoms with Gasteiger partial charge in [0.1, 0.15) is 5.75 Å². The van der Waals surface area contributed by atoms with Gasteiger partial charge in [0.2, 0.25) is 5.91 Å². The van der Waals surface area contributed by atoms with Crippen LogP contribution in [0.3, 0.4) is 0 Å². The molecule has 0 atom stereocenters. The monoisotopic (exact) mass is 517 g/mol. The van der Waals surface area contributed by atoms with Crippen LogP contribution in [0.25, 0.3) is 11.4 Å². The molecule has 9 heteroatoms. The summed E-state index contributed by atoms with van der Waals surface area (Å²) in [5.41, 5.74) is 2.32. The van der Waals surface area contributed by atoms with Crippen LogP contribution in [0.2, 0.25) is 0 Å². The number of nitrogens with zero attached hydrogens (tertiary/aromatic N) is 5. The van der Waals surface area contributed by atoms with E-state index in [0.717, 1.165) is 62.6 Å². The number of rotatable bonds is 7. The van der Waals surface area contributed by atoms with Crippen LogP contribution in [0.5, 0.6) is 5.75 Å². The molecular weight excluding hydrogens is 486 g/mol. The summed E-state index contributed by atoms with van der Waals surface area (Å²) in [7, 11) is 0. The fourth-order valence-corrected chi connectivity index (χ4v) is 5.80. The summed E-state index contributed by atoms with van der Waals surface area (Å²) >= 11 is 1.36. The number of likely N-dealkylation sites (tertiary alicyclic amines) is 2. The average Bonchev–Trinajstić information content (AvgIpc) is 3.36. The molecule has 3 aromatic rings. The molecule has 2 amide bonds. The van der Waals surface area contributed by atoms with E-state index < -0.39 is 0 Å². The highest BCUT2D eigenvalue weighted by atomic mass is 32.2. The quantitative estimate of drug-likeness (QED) is 0.343. The summed E-state index contributed by atoms with van der Waals surface area (Å²) in [6.45, 7) is 5.50. The second kappa shape index (κ2) is 11.3. The van der Waals surface area contributed by atoms with E-state index in [2.05, 4.69) is 15.0 Å². The molecule has 0 bridgehead atoms. The highest BCUT2D eigenvalue weighted by Crippen LogP contribution is 2.41. The van der Waals surface area contributed by atoms with Crippen molar-refractivity contribution in [2.45, 2.75) is 31.3 Å². The standard InChI is InChI=1S/C28H31N5O3S/c1-2-36-22-8-6-21(7-9-22)26(35)32-16-11-28(12-17-32)13-18-33(20-28)25(34)19-37-27-30-15-10-24(31-27)23-5-3-4-14-29-23/h3-10,14-15H,2,11-13,16-20H2,1H3. The minimum atomic E-state index is 0.0631. The highest BCUT2D eigenvalue weighted by Gasteiger charge is 2.42. The summed E-state index contributed by atoms with van der Waals surface area (Å²) < 4.78 is 5.48. The van der Waals surface area contributed by atoms with Crippen LogP contribution in [-0.2, 0) is 4.79 Å². The summed E-state index contributed by atoms with van der Waals surface area (Å²) in [4.78, 5) is 43.1. The first-order valence-electron chi connectivity index (χ1n) is 12.7. The Morgan fingerprint density at radius 2 is 1.68 bits per heavy atom. The highest BCUT2D eigenvalue weighted by molar-refractivity contribution is 7.99. The van der Waals surface area contributed by atoms with Gasteiger partial charge in [-0.25, -0.2) is 9.97 Å². The summed E-state index contributed by atoms with van der Waals surface area (Å²) in [5, 5.41) is 0.575. The van der Waals surface area contributed by atoms with Gasteiger partial charge >= 0.3 is 0 Å². The largest absolute Gasteiger partial charge is 0.494 e. The third-order valence-corrected chi connectivity index (χ3v) is 8.05. The molecule has 2 aromatic heterocycles. The molecule has 5 rings (SSSR count). The zero-order chi connectivity index (χ0) is 25.7. The van der Waals surface area contributed by atoms with Crippen LogP contribution in [0.4, 0.5) is 0 Å². The van der Waals surface area contributed by atoms with Crippen LogP contribution in [0.15, 0.2) is 66.1 Å². The number of carbonyl (C=O) groups excluding carboxylic acids is 2. The normalized spacial score (nSPS) is 16.7. The van der Waals surface area contributed by atoms with Crippen LogP contribution in [0.1, 0.15) is 36.5 Å². The van der Waals surface area contributed by atoms with Crippen molar-refractivity contribution in [2.24, 2.45) is 5.41 Å². The minimum absolute atomic E-state index is 0.0631. The number of piperidine rings is 1. The first-order valence-corrected chi connectivity index (χ1v) is 13.7. The number of amides is 2. The summed E-state index contributed by atoms with van der Waals surface area (Å²) in [6, 6.07) is 14.9. The smallest absolute Gasteiger partial charge is 0.253 e. The predicted molar refractivity (Wildman–Crippen MR) is 142 cm³/mol. The summed E-state index contributed by atoms with van der Waals surface area (Å²) in [5.74, 6) is 1.26. The number of ether oxygens (including phenoxy) is 1. The molecule has 1 spiro atoms. The van der Waals surface area contributed by atoms with Gasteiger partial charge in [0.05, 0.1) is 23.7 Å². The van der Waals surface area contributed by atoms with Gasteiger partial charge in [-0.1, -0.05) is 17.8 Å². The molecule has 0 radical (unpaired) electrons. The van der Waals surface area contributed by atoms with Gasteiger partial charge in [-0.15, -0.1) is 0 Å². The lowest BCUT2D eigenvalue weighted by Gasteiger charge is -2.39. The van der Waals surface area contributed by atoms with E-state index in [4.69, 9.17) is 4.74 Å². The molecule has 4 heterocycles. The SMILES string of the molecule is CCOc1ccc(C(=O)N2CCC3(CCN(C(=O)CSc4nccc(-c5ccccn5)n4)C3)CC2)cc1. The van der Waals surface area contributed by atoms with Crippen molar-refractivity contribution in [2.75, 3.05) is 38.5 Å². The molecule has 2 saturated heterocycles. The van der Waals surface area contributed by atoms with Crippen molar-refractivity contribution < 1.29 is 14.3 Å². The Kier molecular flexibility index (Phi) is 7.69. The van der Waals surface area contributed by atoms with Crippen LogP contribution in [0, 0.1) is 5.41 Å². The van der Waals surface area contributed by atoms with Crippen molar-refractivity contribution in [1.82, 2.24) is 24.8 Å². The van der Waals surface area contributed by atoms with Crippen LogP contribution >= 0.6 is 11.8 Å². The van der Waals surface area contributed by atoms with Gasteiger partial charge in [-0.2, -0.15) is 0 Å². The lowest BCUT2D eigenvalue weighted by atomic mass is 9.77. The zero-order valence-electron chi connectivity index (χ0n) is 21.0. The van der Waals surface area contributed by atoms with Gasteiger partial charge in [0.25, 0.3) is 5.91 Å². The minimum Gasteiger partial charge on any atom is -0.494 e. The Bertz CT molecular complexity index is 1230. The van der Waals surface area contributed by atoms with E-state index in [0.29, 0.717) is 23.1 Å². The summed E-state index contributed by atoms with van der Waals surface area (Å²) in [6.07, 6.45) is 6.26. The molecule has 0 N–H and O–H groups in total. The van der Waals surface area contributed by atoms with Gasteiger partial charge in [-0.3, -0.25) is 14.6 Å². The first-order chi connectivity index (χ1) is 18.0. The lowest BCUT2D eigenvalue weighted by Crippen LogP contribution is -2.44. The molecule has 2 fully saturated rings. The molecule has 2 aliphatic rings. The third kappa shape index (κ3) is 5.93. The van der Waals surface area contributed by atoms with Gasteiger partial charge in [0, 0.05) is 44.1 Å². The molecular formula is C28H31N5O3S. The Balaban J connectivity index is 1.11. The number of hydrogen-bond acceptors (Lipinski definition) is 7. The number of hydrogen-bond donors (Lipinski definition) is 0. The maximum absolute atomic E-state index is 13.0. The Hall–Kier alpha value is -3.46. The Morgan fingerprint density at radius 1 is 0.919 bits per heavy atom. The fraction of sp³-hybridized carbons (Fsp3) is 0.393. The van der Waals surface area contributed by atoms with Crippen molar-refractivity contribution in [3.8, 4) is 17.1 Å². The predicted octanol–water partition coefficient (Wildman–Crippen LogP) is 4.18. The van der Waals surface area contributed by atoms with Crippen molar-refractivity contribution >= 4 is 23.6 Å². The molecule has 192 valence electrons. The topological polar surface area (TPSA) is 88.5 Å². The van der Waals surface area contributed by atoms with Gasteiger partial charge < -0.3 is 14.5 Å². The second-order valence-electron chi connectivity index (χ2n) is 9.54. The average molecular weight is 518 g/mol. The van der Waals surface area contributed by atoms with Gasteiger partial charge in [0.15, 0.2) is 5.16 Å². The fourth-order valence-electron chi connectivity index (χ4n) is 5.07. The maximum atomic E-state index is 13.0. The van der Waals surface area contributed by atoms with E-state index >= 15 is 0 Å². The molecule has 0 unspecified atom stereocenters. The number of thioether (sulfide) groups is 1. The van der Waals surface area contributed by atoms with E-state index in [9.17, 15) is 9.59 Å². The van der Waals surface area contributed by atoms with E-state index in [1.165, 1.54) is 11.8 Å². The second-order valence-corrected chi connectivity index (χ2v) is 10.5. The first kappa shape index (κ1) is 25.2. The van der Waals surface area contributed by atoms with Gasteiger partial charge in [-0.05, 0) is 74.1 Å². The van der Waals surface area contributed by atoms with Crippen molar-refractivity contribution in [3.63, 3.8) is 0 Å². The molecule has 37 heavy (non-hydrogen) atoms. The Labute approximate surface area is 221 Å². The number of benzene rings is 1. The van der Waals surface area contributed by atoms with Crippen molar-refractivity contribution in [1.29, 1.82) is 0 Å². The Morgan fingerprint density at radius 3 is 2.38 bits per heavy atom. The third-order valence-electron chi connectivity index (χ3n) is 7.20. The lowest BCUT2D eigenvalue weighted by molar-refractivity contribution is -0.127. The zero-order valence-corrected chi connectivity index (χ0v) is 21.8. The van der Waals surface area contributed by atoms with E-state index in [-0.39, 0.29) is 17.2 Å². The maximum Gasteiger partial charge on any atom is 0.253 e. The van der Waals surface area contributed by atoms with E-state index in [1.54, 1.807) is 12.4 Å². The number of aromatic nitrogens is 3. The molecule has 2 aliphatic heterocycles. The molecule has 8 nitrogen and oxygen atoms in total. The molecule has 0 aliphatic carbocycles. The molecule has 1 aromatic carbocycles. The van der Waals surface area contributed by atoms with E-state index in [1.807, 2.05) is 65.3 Å². The number of pyridine rings is 1. The van der Waals surface area contributed by atoms with Crippen molar-refractivity contribution in [3.05, 3.63) is 66.5 Å². The molecule has 0 saturated carbocycles. The van der Waals surface area contributed by atoms with Crippen LogP contribution in [-0.4, -0.2) is 75.1 Å². The number of carbonyl (C=O) groups is 2. The van der Waals surface area contributed by atoms with Crippen LogP contribution < -0.4 is 4.74 Å².